The summed E-state index contributed by atoms with van der Waals surface area (Å²) in [5, 5.41) is 16.5. The Labute approximate surface area is 202 Å². The minimum atomic E-state index is -0.154. The van der Waals surface area contributed by atoms with Crippen LogP contribution in [0.4, 0.5) is 0 Å². The molecular formula is C31H33NO2. The van der Waals surface area contributed by atoms with Crippen LogP contribution in [-0.2, 0) is 0 Å². The van der Waals surface area contributed by atoms with E-state index in [1.165, 1.54) is 0 Å². The minimum Gasteiger partial charge on any atom is -0.507 e. The van der Waals surface area contributed by atoms with Crippen molar-refractivity contribution in [1.82, 2.24) is 5.32 Å². The Morgan fingerprint density at radius 3 is 2.09 bits per heavy atom. The van der Waals surface area contributed by atoms with E-state index in [-0.39, 0.29) is 23.6 Å². The molecule has 0 aliphatic rings. The number of fused-ring (bicyclic) bond motifs is 1. The van der Waals surface area contributed by atoms with Crippen LogP contribution in [0.3, 0.4) is 0 Å². The lowest BCUT2D eigenvalue weighted by Gasteiger charge is -2.22. The van der Waals surface area contributed by atoms with Crippen LogP contribution in [0.2, 0.25) is 0 Å². The number of phenols is 1. The van der Waals surface area contributed by atoms with E-state index >= 15 is 0 Å². The molecule has 4 aromatic carbocycles. The number of hydrogen-bond donors (Lipinski definition) is 2. The highest BCUT2D eigenvalue weighted by atomic mass is 16.3. The van der Waals surface area contributed by atoms with Crippen molar-refractivity contribution in [2.45, 2.75) is 52.5 Å². The Balaban J connectivity index is 1.93. The molecule has 0 saturated heterocycles. The molecule has 0 aliphatic heterocycles. The molecule has 1 amide bonds. The molecule has 4 aromatic rings. The summed E-state index contributed by atoms with van der Waals surface area (Å²) in [5.41, 5.74) is 5.28. The number of hydrogen-bond acceptors (Lipinski definition) is 2. The van der Waals surface area contributed by atoms with Gasteiger partial charge in [0.15, 0.2) is 0 Å². The zero-order chi connectivity index (χ0) is 24.4. The van der Waals surface area contributed by atoms with Gasteiger partial charge in [-0.3, -0.25) is 4.79 Å². The van der Waals surface area contributed by atoms with E-state index in [0.717, 1.165) is 38.6 Å². The highest BCUT2D eigenvalue weighted by molar-refractivity contribution is 6.11. The van der Waals surface area contributed by atoms with Crippen LogP contribution in [0.1, 0.15) is 79.5 Å². The van der Waals surface area contributed by atoms with Crippen molar-refractivity contribution >= 4 is 16.7 Å². The summed E-state index contributed by atoms with van der Waals surface area (Å²) in [5.74, 6) is 0.535. The fraction of sp³-hybridized carbons (Fsp3) is 0.258. The molecule has 0 radical (unpaired) electrons. The Bertz CT molecular complexity index is 1320. The van der Waals surface area contributed by atoms with Crippen LogP contribution in [0.25, 0.3) is 21.9 Å². The lowest BCUT2D eigenvalue weighted by Crippen LogP contribution is -2.27. The number of phenolic OH excluding ortho intramolecular Hbond substituents is 1. The molecule has 1 unspecified atom stereocenters. The van der Waals surface area contributed by atoms with Gasteiger partial charge >= 0.3 is 0 Å². The van der Waals surface area contributed by atoms with Gasteiger partial charge in [0.05, 0.1) is 6.04 Å². The number of rotatable bonds is 6. The normalized spacial score (nSPS) is 12.3. The van der Waals surface area contributed by atoms with E-state index in [9.17, 15) is 9.90 Å². The van der Waals surface area contributed by atoms with Crippen molar-refractivity contribution in [1.29, 1.82) is 0 Å². The molecule has 2 N–H and O–H groups in total. The van der Waals surface area contributed by atoms with Crippen molar-refractivity contribution < 1.29 is 9.90 Å². The van der Waals surface area contributed by atoms with Crippen molar-refractivity contribution in [2.24, 2.45) is 0 Å². The van der Waals surface area contributed by atoms with Gasteiger partial charge in [-0.2, -0.15) is 0 Å². The van der Waals surface area contributed by atoms with E-state index in [4.69, 9.17) is 0 Å². The number of carbonyl (C=O) groups is 1. The summed E-state index contributed by atoms with van der Waals surface area (Å²) in [7, 11) is 0. The zero-order valence-electron chi connectivity index (χ0n) is 20.6. The summed E-state index contributed by atoms with van der Waals surface area (Å²) in [6.07, 6.45) is 0. The first-order valence-electron chi connectivity index (χ1n) is 12.0. The molecule has 0 heterocycles. The predicted molar refractivity (Wildman–Crippen MR) is 142 cm³/mol. The lowest BCUT2D eigenvalue weighted by molar-refractivity contribution is 0.0940. The maximum Gasteiger partial charge on any atom is 0.252 e. The second kappa shape index (κ2) is 9.72. The standard InChI is InChI=1S/C31H33NO2/c1-19(2)24-17-27(20(3)4)30(28(33)18-24)29-25-14-10-9-13-23(25)15-16-26(29)31(34)32-21(5)22-11-7-6-8-12-22/h6-21,33H,1-5H3,(H,32,34). The summed E-state index contributed by atoms with van der Waals surface area (Å²) in [4.78, 5) is 13.6. The second-order valence-corrected chi connectivity index (χ2v) is 9.63. The summed E-state index contributed by atoms with van der Waals surface area (Å²) in [6, 6.07) is 25.7. The van der Waals surface area contributed by atoms with Crippen molar-refractivity contribution in [3.63, 3.8) is 0 Å². The molecule has 0 aromatic heterocycles. The first-order chi connectivity index (χ1) is 16.3. The lowest BCUT2D eigenvalue weighted by atomic mass is 9.84. The van der Waals surface area contributed by atoms with Gasteiger partial charge in [-0.05, 0) is 58.4 Å². The molecule has 1 atom stereocenters. The zero-order valence-corrected chi connectivity index (χ0v) is 20.6. The average molecular weight is 452 g/mol. The maximum atomic E-state index is 13.6. The number of nitrogens with one attached hydrogen (secondary N) is 1. The van der Waals surface area contributed by atoms with Gasteiger partial charge in [0.25, 0.3) is 5.91 Å². The van der Waals surface area contributed by atoms with E-state index in [1.807, 2.05) is 79.7 Å². The van der Waals surface area contributed by atoms with Gasteiger partial charge in [-0.1, -0.05) is 94.4 Å². The third-order valence-corrected chi connectivity index (χ3v) is 6.53. The highest BCUT2D eigenvalue weighted by Gasteiger charge is 2.24. The minimum absolute atomic E-state index is 0.144. The first-order valence-corrected chi connectivity index (χ1v) is 12.0. The molecule has 3 heteroatoms. The fourth-order valence-corrected chi connectivity index (χ4v) is 4.56. The molecule has 3 nitrogen and oxygen atoms in total. The van der Waals surface area contributed by atoms with Gasteiger partial charge in [0.2, 0.25) is 0 Å². The SMILES string of the molecule is CC(C)c1cc(O)c(-c2c(C(=O)NC(C)c3ccccc3)ccc3ccccc23)c(C(C)C)c1. The largest absolute Gasteiger partial charge is 0.507 e. The highest BCUT2D eigenvalue weighted by Crippen LogP contribution is 2.43. The Morgan fingerprint density at radius 2 is 1.41 bits per heavy atom. The third-order valence-electron chi connectivity index (χ3n) is 6.53. The average Bonchev–Trinajstić information content (AvgIpc) is 2.83. The monoisotopic (exact) mass is 451 g/mol. The van der Waals surface area contributed by atoms with Crippen LogP contribution in [0.5, 0.6) is 5.75 Å². The molecule has 34 heavy (non-hydrogen) atoms. The molecule has 174 valence electrons. The summed E-state index contributed by atoms with van der Waals surface area (Å²) < 4.78 is 0. The van der Waals surface area contributed by atoms with Gasteiger partial charge in [-0.25, -0.2) is 0 Å². The smallest absolute Gasteiger partial charge is 0.252 e. The van der Waals surface area contributed by atoms with E-state index < -0.39 is 0 Å². The predicted octanol–water partition coefficient (Wildman–Crippen LogP) is 7.95. The first kappa shape index (κ1) is 23.6. The fourth-order valence-electron chi connectivity index (χ4n) is 4.56. The third kappa shape index (κ3) is 4.56. The van der Waals surface area contributed by atoms with E-state index in [1.54, 1.807) is 0 Å². The van der Waals surface area contributed by atoms with Crippen LogP contribution in [-0.4, -0.2) is 11.0 Å². The molecule has 0 saturated carbocycles. The van der Waals surface area contributed by atoms with Crippen molar-refractivity contribution in [3.05, 3.63) is 101 Å². The van der Waals surface area contributed by atoms with Crippen molar-refractivity contribution in [2.75, 3.05) is 0 Å². The molecular weight excluding hydrogens is 418 g/mol. The summed E-state index contributed by atoms with van der Waals surface area (Å²) in [6.45, 7) is 10.5. The number of amides is 1. The van der Waals surface area contributed by atoms with Gasteiger partial charge in [0.1, 0.15) is 5.75 Å². The molecule has 0 fully saturated rings. The van der Waals surface area contributed by atoms with Crippen molar-refractivity contribution in [3.8, 4) is 16.9 Å². The molecule has 0 spiro atoms. The Kier molecular flexibility index (Phi) is 6.74. The number of carbonyl (C=O) groups excluding carboxylic acids is 1. The van der Waals surface area contributed by atoms with Crippen LogP contribution in [0, 0.1) is 0 Å². The van der Waals surface area contributed by atoms with Gasteiger partial charge in [-0.15, -0.1) is 0 Å². The van der Waals surface area contributed by atoms with E-state index in [2.05, 4.69) is 39.1 Å². The quantitative estimate of drug-likeness (QED) is 0.312. The van der Waals surface area contributed by atoms with Crippen LogP contribution >= 0.6 is 0 Å². The number of aromatic hydroxyl groups is 1. The van der Waals surface area contributed by atoms with Gasteiger partial charge < -0.3 is 10.4 Å². The molecule has 0 aliphatic carbocycles. The van der Waals surface area contributed by atoms with Gasteiger partial charge in [0, 0.05) is 16.7 Å². The number of benzene rings is 4. The summed E-state index contributed by atoms with van der Waals surface area (Å²) >= 11 is 0. The van der Waals surface area contributed by atoms with Crippen LogP contribution < -0.4 is 5.32 Å². The Morgan fingerprint density at radius 1 is 0.735 bits per heavy atom. The second-order valence-electron chi connectivity index (χ2n) is 9.63. The maximum absolute atomic E-state index is 13.6. The molecule has 0 bridgehead atoms. The Hall–Kier alpha value is -3.59. The van der Waals surface area contributed by atoms with Crippen LogP contribution in [0.15, 0.2) is 78.9 Å². The molecule has 4 rings (SSSR count). The van der Waals surface area contributed by atoms with E-state index in [0.29, 0.717) is 11.5 Å². The topological polar surface area (TPSA) is 49.3 Å².